The SMILES string of the molecule is CC(C)(F)c1ccc(O)c(Br)c1. The van der Waals surface area contributed by atoms with Gasteiger partial charge in [0, 0.05) is 0 Å². The monoisotopic (exact) mass is 232 g/mol. The Labute approximate surface area is 79.4 Å². The molecule has 0 amide bonds. The smallest absolute Gasteiger partial charge is 0.130 e. The van der Waals surface area contributed by atoms with Gasteiger partial charge >= 0.3 is 0 Å². The number of rotatable bonds is 1. The van der Waals surface area contributed by atoms with E-state index in [0.29, 0.717) is 10.0 Å². The third-order valence-corrected chi connectivity index (χ3v) is 2.27. The molecule has 0 heterocycles. The van der Waals surface area contributed by atoms with E-state index in [9.17, 15) is 4.39 Å². The molecule has 0 saturated heterocycles. The molecule has 1 nitrogen and oxygen atoms in total. The standard InChI is InChI=1S/C9H10BrFO/c1-9(2,11)6-3-4-8(12)7(10)5-6/h3-5,12H,1-2H3. The Morgan fingerprint density at radius 3 is 2.42 bits per heavy atom. The van der Waals surface area contributed by atoms with Gasteiger partial charge in [-0.05, 0) is 47.5 Å². The summed E-state index contributed by atoms with van der Waals surface area (Å²) in [4.78, 5) is 0. The number of hydrogen-bond donors (Lipinski definition) is 1. The van der Waals surface area contributed by atoms with Crippen LogP contribution in [0.1, 0.15) is 19.4 Å². The van der Waals surface area contributed by atoms with Crippen LogP contribution in [0.4, 0.5) is 4.39 Å². The number of aromatic hydroxyl groups is 1. The number of benzene rings is 1. The zero-order valence-electron chi connectivity index (χ0n) is 6.94. The summed E-state index contributed by atoms with van der Waals surface area (Å²) in [5.41, 5.74) is -0.817. The van der Waals surface area contributed by atoms with Gasteiger partial charge in [0.15, 0.2) is 0 Å². The van der Waals surface area contributed by atoms with Crippen LogP contribution in [0, 0.1) is 0 Å². The number of alkyl halides is 1. The highest BCUT2D eigenvalue weighted by Crippen LogP contribution is 2.31. The lowest BCUT2D eigenvalue weighted by Gasteiger charge is -2.14. The zero-order chi connectivity index (χ0) is 9.35. The minimum atomic E-state index is -1.36. The van der Waals surface area contributed by atoms with Crippen LogP contribution in [0.3, 0.4) is 0 Å². The van der Waals surface area contributed by atoms with Crippen molar-refractivity contribution in [3.05, 3.63) is 28.2 Å². The van der Waals surface area contributed by atoms with E-state index in [4.69, 9.17) is 5.11 Å². The highest BCUT2D eigenvalue weighted by atomic mass is 79.9. The van der Waals surface area contributed by atoms with Gasteiger partial charge in [-0.25, -0.2) is 4.39 Å². The first-order valence-corrected chi connectivity index (χ1v) is 4.38. The Kier molecular flexibility index (Phi) is 2.42. The molecule has 0 bridgehead atoms. The van der Waals surface area contributed by atoms with Crippen LogP contribution >= 0.6 is 15.9 Å². The fourth-order valence-corrected chi connectivity index (χ4v) is 1.26. The van der Waals surface area contributed by atoms with Gasteiger partial charge in [-0.3, -0.25) is 0 Å². The molecule has 0 saturated carbocycles. The summed E-state index contributed by atoms with van der Waals surface area (Å²) in [5, 5.41) is 9.14. The largest absolute Gasteiger partial charge is 0.507 e. The Balaban J connectivity index is 3.14. The van der Waals surface area contributed by atoms with E-state index in [-0.39, 0.29) is 5.75 Å². The van der Waals surface area contributed by atoms with Crippen LogP contribution in [0.2, 0.25) is 0 Å². The van der Waals surface area contributed by atoms with E-state index in [0.717, 1.165) is 0 Å². The second-order valence-electron chi connectivity index (χ2n) is 3.14. The average molecular weight is 233 g/mol. The third-order valence-electron chi connectivity index (χ3n) is 1.63. The quantitative estimate of drug-likeness (QED) is 0.788. The molecule has 3 heteroatoms. The Hall–Kier alpha value is -0.570. The molecule has 1 rings (SSSR count). The lowest BCUT2D eigenvalue weighted by atomic mass is 10.0. The Morgan fingerprint density at radius 2 is 2.00 bits per heavy atom. The molecule has 0 atom stereocenters. The molecule has 0 aromatic heterocycles. The Bertz CT molecular complexity index is 291. The summed E-state index contributed by atoms with van der Waals surface area (Å²) < 4.78 is 13.8. The lowest BCUT2D eigenvalue weighted by molar-refractivity contribution is 0.221. The summed E-state index contributed by atoms with van der Waals surface area (Å²) in [6, 6.07) is 4.62. The number of phenolic OH excluding ortho intramolecular Hbond substituents is 1. The highest BCUT2D eigenvalue weighted by Gasteiger charge is 2.19. The van der Waals surface area contributed by atoms with E-state index < -0.39 is 5.67 Å². The summed E-state index contributed by atoms with van der Waals surface area (Å²) in [6.07, 6.45) is 0. The molecule has 1 aromatic carbocycles. The molecule has 0 spiro atoms. The number of phenols is 1. The molecule has 12 heavy (non-hydrogen) atoms. The van der Waals surface area contributed by atoms with Gasteiger partial charge < -0.3 is 5.11 Å². The van der Waals surface area contributed by atoms with E-state index >= 15 is 0 Å². The van der Waals surface area contributed by atoms with Crippen LogP contribution < -0.4 is 0 Å². The molecule has 0 radical (unpaired) electrons. The maximum absolute atomic E-state index is 13.3. The van der Waals surface area contributed by atoms with Crippen LogP contribution in [0.5, 0.6) is 5.75 Å². The normalized spacial score (nSPS) is 11.7. The fourth-order valence-electron chi connectivity index (χ4n) is 0.877. The van der Waals surface area contributed by atoms with E-state index in [2.05, 4.69) is 15.9 Å². The minimum absolute atomic E-state index is 0.128. The predicted octanol–water partition coefficient (Wildman–Crippen LogP) is 3.36. The molecular weight excluding hydrogens is 223 g/mol. The minimum Gasteiger partial charge on any atom is -0.507 e. The maximum Gasteiger partial charge on any atom is 0.130 e. The molecule has 0 fully saturated rings. The first-order chi connectivity index (χ1) is 5.41. The van der Waals surface area contributed by atoms with Crippen LogP contribution in [-0.4, -0.2) is 5.11 Å². The second kappa shape index (κ2) is 3.05. The van der Waals surface area contributed by atoms with Gasteiger partial charge in [0.2, 0.25) is 0 Å². The Morgan fingerprint density at radius 1 is 1.42 bits per heavy atom. The topological polar surface area (TPSA) is 20.2 Å². The molecular formula is C9H10BrFO. The van der Waals surface area contributed by atoms with Crippen molar-refractivity contribution in [3.63, 3.8) is 0 Å². The average Bonchev–Trinajstić information content (AvgIpc) is 1.92. The lowest BCUT2D eigenvalue weighted by Crippen LogP contribution is -2.08. The van der Waals surface area contributed by atoms with Crippen molar-refractivity contribution in [2.75, 3.05) is 0 Å². The molecule has 0 aliphatic rings. The van der Waals surface area contributed by atoms with Gasteiger partial charge in [0.25, 0.3) is 0 Å². The van der Waals surface area contributed by atoms with Crippen molar-refractivity contribution in [3.8, 4) is 5.75 Å². The van der Waals surface area contributed by atoms with Gasteiger partial charge in [-0.1, -0.05) is 6.07 Å². The predicted molar refractivity (Wildman–Crippen MR) is 49.9 cm³/mol. The molecule has 0 aliphatic carbocycles. The first kappa shape index (κ1) is 9.52. The maximum atomic E-state index is 13.3. The summed E-state index contributed by atoms with van der Waals surface area (Å²) in [5.74, 6) is 0.128. The van der Waals surface area contributed by atoms with Crippen molar-refractivity contribution in [1.82, 2.24) is 0 Å². The van der Waals surface area contributed by atoms with Gasteiger partial charge in [-0.2, -0.15) is 0 Å². The van der Waals surface area contributed by atoms with Crippen molar-refractivity contribution in [2.45, 2.75) is 19.5 Å². The van der Waals surface area contributed by atoms with Crippen LogP contribution in [0.15, 0.2) is 22.7 Å². The van der Waals surface area contributed by atoms with Crippen molar-refractivity contribution < 1.29 is 9.50 Å². The van der Waals surface area contributed by atoms with E-state index in [1.165, 1.54) is 19.9 Å². The van der Waals surface area contributed by atoms with Gasteiger partial charge in [-0.15, -0.1) is 0 Å². The number of hydrogen-bond acceptors (Lipinski definition) is 1. The number of halogens is 2. The van der Waals surface area contributed by atoms with Crippen molar-refractivity contribution >= 4 is 15.9 Å². The summed E-state index contributed by atoms with van der Waals surface area (Å²) >= 11 is 3.12. The van der Waals surface area contributed by atoms with Crippen molar-refractivity contribution in [1.29, 1.82) is 0 Å². The van der Waals surface area contributed by atoms with Crippen molar-refractivity contribution in [2.24, 2.45) is 0 Å². The van der Waals surface area contributed by atoms with Gasteiger partial charge in [0.1, 0.15) is 11.4 Å². The zero-order valence-corrected chi connectivity index (χ0v) is 8.52. The molecule has 0 aliphatic heterocycles. The molecule has 1 N–H and O–H groups in total. The fraction of sp³-hybridized carbons (Fsp3) is 0.333. The van der Waals surface area contributed by atoms with E-state index in [1.54, 1.807) is 12.1 Å². The molecule has 1 aromatic rings. The third kappa shape index (κ3) is 1.97. The van der Waals surface area contributed by atoms with Gasteiger partial charge in [0.05, 0.1) is 4.47 Å². The molecule has 0 unspecified atom stereocenters. The molecule has 66 valence electrons. The highest BCUT2D eigenvalue weighted by molar-refractivity contribution is 9.10. The van der Waals surface area contributed by atoms with Crippen LogP contribution in [0.25, 0.3) is 0 Å². The summed E-state index contributed by atoms with van der Waals surface area (Å²) in [7, 11) is 0. The second-order valence-corrected chi connectivity index (χ2v) is 3.99. The van der Waals surface area contributed by atoms with E-state index in [1.807, 2.05) is 0 Å². The summed E-state index contributed by atoms with van der Waals surface area (Å²) in [6.45, 7) is 2.96. The first-order valence-electron chi connectivity index (χ1n) is 3.59. The van der Waals surface area contributed by atoms with Crippen LogP contribution in [-0.2, 0) is 5.67 Å².